The van der Waals surface area contributed by atoms with Gasteiger partial charge in [-0.25, -0.2) is 0 Å². The van der Waals surface area contributed by atoms with Gasteiger partial charge in [0.05, 0.1) is 13.2 Å². The first-order valence-corrected chi connectivity index (χ1v) is 7.63. The van der Waals surface area contributed by atoms with Crippen LogP contribution in [0.25, 0.3) is 0 Å². The van der Waals surface area contributed by atoms with Crippen LogP contribution in [0, 0.1) is 0 Å². The number of unbranched alkanes of at least 4 members (excludes halogenated alkanes) is 5. The minimum Gasteiger partial charge on any atom is -0.394 e. The number of aliphatic hydroxyl groups is 2. The van der Waals surface area contributed by atoms with Crippen LogP contribution in [-0.2, 0) is 9.47 Å². The van der Waals surface area contributed by atoms with Gasteiger partial charge in [0.2, 0.25) is 0 Å². The third kappa shape index (κ3) is 7.20. The first-order valence-electron chi connectivity index (χ1n) is 7.63. The van der Waals surface area contributed by atoms with Crippen molar-refractivity contribution in [1.29, 1.82) is 0 Å². The van der Waals surface area contributed by atoms with E-state index in [1.165, 1.54) is 12.8 Å². The predicted molar refractivity (Wildman–Crippen MR) is 79.1 cm³/mol. The molecule has 0 aromatic rings. The fourth-order valence-corrected chi connectivity index (χ4v) is 2.20. The molecule has 0 aromatic carbocycles. The molecule has 1 aliphatic heterocycles. The quantitative estimate of drug-likeness (QED) is 0.478. The second kappa shape index (κ2) is 10.1. The molecule has 0 radical (unpaired) electrons. The lowest BCUT2D eigenvalue weighted by Gasteiger charge is -2.20. The van der Waals surface area contributed by atoms with Crippen LogP contribution in [-0.4, -0.2) is 35.5 Å². The zero-order valence-corrected chi connectivity index (χ0v) is 12.5. The van der Waals surface area contributed by atoms with Gasteiger partial charge in [0.1, 0.15) is 6.10 Å². The van der Waals surface area contributed by atoms with E-state index in [0.717, 1.165) is 25.7 Å². The van der Waals surface area contributed by atoms with Gasteiger partial charge in [-0.3, -0.25) is 0 Å². The SMILES string of the molecule is C/C=C/C=C\CCCCCCCC1(O)OCC(CO)O1. The average molecular weight is 284 g/mol. The van der Waals surface area contributed by atoms with E-state index >= 15 is 0 Å². The van der Waals surface area contributed by atoms with Gasteiger partial charge in [-0.15, -0.1) is 0 Å². The van der Waals surface area contributed by atoms with Gasteiger partial charge < -0.3 is 19.7 Å². The van der Waals surface area contributed by atoms with Crippen molar-refractivity contribution in [3.63, 3.8) is 0 Å². The molecule has 20 heavy (non-hydrogen) atoms. The number of hydrogen-bond acceptors (Lipinski definition) is 4. The summed E-state index contributed by atoms with van der Waals surface area (Å²) in [6, 6.07) is 0. The summed E-state index contributed by atoms with van der Waals surface area (Å²) >= 11 is 0. The normalized spacial score (nSPS) is 27.1. The highest BCUT2D eigenvalue weighted by Crippen LogP contribution is 2.26. The van der Waals surface area contributed by atoms with E-state index in [1.807, 2.05) is 19.1 Å². The molecular formula is C16H28O4. The summed E-state index contributed by atoms with van der Waals surface area (Å²) in [6.07, 6.45) is 15.1. The first-order chi connectivity index (χ1) is 9.70. The molecule has 2 atom stereocenters. The van der Waals surface area contributed by atoms with Crippen LogP contribution in [0.1, 0.15) is 51.9 Å². The molecule has 116 valence electrons. The second-order valence-electron chi connectivity index (χ2n) is 5.21. The fraction of sp³-hybridized carbons (Fsp3) is 0.750. The first kappa shape index (κ1) is 17.4. The molecule has 1 rings (SSSR count). The van der Waals surface area contributed by atoms with E-state index in [1.54, 1.807) is 0 Å². The fourth-order valence-electron chi connectivity index (χ4n) is 2.20. The van der Waals surface area contributed by atoms with Gasteiger partial charge in [0.15, 0.2) is 0 Å². The Hall–Kier alpha value is -0.680. The van der Waals surface area contributed by atoms with E-state index in [-0.39, 0.29) is 19.3 Å². The third-order valence-corrected chi connectivity index (χ3v) is 3.35. The van der Waals surface area contributed by atoms with E-state index in [9.17, 15) is 5.11 Å². The minimum atomic E-state index is -1.47. The van der Waals surface area contributed by atoms with Crippen LogP contribution in [0.15, 0.2) is 24.3 Å². The van der Waals surface area contributed by atoms with Gasteiger partial charge >= 0.3 is 0 Å². The summed E-state index contributed by atoms with van der Waals surface area (Å²) in [6.45, 7) is 2.17. The number of aliphatic hydroxyl groups excluding tert-OH is 1. The van der Waals surface area contributed by atoms with Crippen LogP contribution < -0.4 is 0 Å². The van der Waals surface area contributed by atoms with Crippen LogP contribution in [0.3, 0.4) is 0 Å². The van der Waals surface area contributed by atoms with Gasteiger partial charge in [0, 0.05) is 6.42 Å². The Labute approximate surface area is 122 Å². The topological polar surface area (TPSA) is 58.9 Å². The van der Waals surface area contributed by atoms with Crippen molar-refractivity contribution < 1.29 is 19.7 Å². The summed E-state index contributed by atoms with van der Waals surface area (Å²) in [4.78, 5) is 0. The van der Waals surface area contributed by atoms with Gasteiger partial charge in [-0.05, 0) is 26.2 Å². The smallest absolute Gasteiger partial charge is 0.280 e. The Morgan fingerprint density at radius 1 is 1.15 bits per heavy atom. The maximum absolute atomic E-state index is 9.94. The number of rotatable bonds is 10. The summed E-state index contributed by atoms with van der Waals surface area (Å²) in [5.41, 5.74) is 0. The molecular weight excluding hydrogens is 256 g/mol. The van der Waals surface area contributed by atoms with E-state index in [2.05, 4.69) is 12.2 Å². The molecule has 1 aliphatic rings. The van der Waals surface area contributed by atoms with Gasteiger partial charge in [-0.1, -0.05) is 43.6 Å². The monoisotopic (exact) mass is 284 g/mol. The van der Waals surface area contributed by atoms with Crippen molar-refractivity contribution in [2.24, 2.45) is 0 Å². The minimum absolute atomic E-state index is 0.108. The molecule has 4 nitrogen and oxygen atoms in total. The molecule has 1 fully saturated rings. The van der Waals surface area contributed by atoms with Crippen LogP contribution in [0.4, 0.5) is 0 Å². The van der Waals surface area contributed by atoms with E-state index in [4.69, 9.17) is 14.6 Å². The summed E-state index contributed by atoms with van der Waals surface area (Å²) in [7, 11) is 0. The van der Waals surface area contributed by atoms with Crippen molar-refractivity contribution in [3.05, 3.63) is 24.3 Å². The maximum Gasteiger partial charge on any atom is 0.280 e. The van der Waals surface area contributed by atoms with Crippen molar-refractivity contribution in [2.45, 2.75) is 63.9 Å². The molecule has 0 amide bonds. The van der Waals surface area contributed by atoms with Crippen molar-refractivity contribution >= 4 is 0 Å². The highest BCUT2D eigenvalue weighted by atomic mass is 16.9. The van der Waals surface area contributed by atoms with E-state index in [0.29, 0.717) is 6.42 Å². The summed E-state index contributed by atoms with van der Waals surface area (Å²) in [5.74, 6) is -1.47. The number of allylic oxidation sites excluding steroid dienone is 4. The van der Waals surface area contributed by atoms with Crippen LogP contribution in [0.2, 0.25) is 0 Å². The molecule has 0 bridgehead atoms. The lowest BCUT2D eigenvalue weighted by atomic mass is 10.1. The van der Waals surface area contributed by atoms with Crippen molar-refractivity contribution in [1.82, 2.24) is 0 Å². The Kier molecular flexibility index (Phi) is 8.78. The lowest BCUT2D eigenvalue weighted by Crippen LogP contribution is -2.30. The Morgan fingerprint density at radius 2 is 1.90 bits per heavy atom. The number of ether oxygens (including phenoxy) is 2. The third-order valence-electron chi connectivity index (χ3n) is 3.35. The molecule has 0 spiro atoms. The summed E-state index contributed by atoms with van der Waals surface area (Å²) < 4.78 is 10.4. The highest BCUT2D eigenvalue weighted by molar-refractivity contribution is 5.00. The van der Waals surface area contributed by atoms with Crippen LogP contribution >= 0.6 is 0 Å². The zero-order valence-electron chi connectivity index (χ0n) is 12.5. The van der Waals surface area contributed by atoms with Crippen LogP contribution in [0.5, 0.6) is 0 Å². The van der Waals surface area contributed by atoms with Gasteiger partial charge in [-0.2, -0.15) is 0 Å². The highest BCUT2D eigenvalue weighted by Gasteiger charge is 2.38. The van der Waals surface area contributed by atoms with Gasteiger partial charge in [0.25, 0.3) is 5.97 Å². The van der Waals surface area contributed by atoms with E-state index < -0.39 is 5.97 Å². The number of hydrogen-bond donors (Lipinski definition) is 2. The molecule has 0 aliphatic carbocycles. The molecule has 4 heteroatoms. The second-order valence-corrected chi connectivity index (χ2v) is 5.21. The Morgan fingerprint density at radius 3 is 2.60 bits per heavy atom. The lowest BCUT2D eigenvalue weighted by molar-refractivity contribution is -0.316. The van der Waals surface area contributed by atoms with Crippen molar-refractivity contribution in [2.75, 3.05) is 13.2 Å². The summed E-state index contributed by atoms with van der Waals surface area (Å²) in [5, 5.41) is 18.9. The predicted octanol–water partition coefficient (Wildman–Crippen LogP) is 2.90. The Balaban J connectivity index is 1.95. The standard InChI is InChI=1S/C16H28O4/c1-2-3-4-5-6-7-8-9-10-11-12-16(18)19-14-15(13-17)20-16/h2-5,15,17-18H,6-14H2,1H3/b3-2+,5-4-. The maximum atomic E-state index is 9.94. The molecule has 1 heterocycles. The molecule has 1 saturated heterocycles. The average Bonchev–Trinajstić information content (AvgIpc) is 2.83. The molecule has 2 unspecified atom stereocenters. The largest absolute Gasteiger partial charge is 0.394 e. The molecule has 0 aromatic heterocycles. The molecule has 2 N–H and O–H groups in total. The Bertz CT molecular complexity index is 301. The zero-order chi connectivity index (χ0) is 14.7. The van der Waals surface area contributed by atoms with Crippen molar-refractivity contribution in [3.8, 4) is 0 Å². The molecule has 0 saturated carbocycles.